The molecule has 144 valence electrons. The van der Waals surface area contributed by atoms with Gasteiger partial charge >= 0.3 is 0 Å². The number of fused-ring (bicyclic) bond motifs is 2. The van der Waals surface area contributed by atoms with Gasteiger partial charge in [-0.2, -0.15) is 0 Å². The number of ether oxygens (including phenoxy) is 1. The summed E-state index contributed by atoms with van der Waals surface area (Å²) in [4.78, 5) is 13.4. The summed E-state index contributed by atoms with van der Waals surface area (Å²) in [6.07, 6.45) is 8.27. The third-order valence-corrected chi connectivity index (χ3v) is 7.74. The number of benzene rings is 2. The van der Waals surface area contributed by atoms with E-state index in [1.807, 2.05) is 48.5 Å². The zero-order valence-electron chi connectivity index (χ0n) is 16.2. The van der Waals surface area contributed by atoms with Crippen LogP contribution in [0, 0.1) is 23.2 Å². The van der Waals surface area contributed by atoms with Gasteiger partial charge in [-0.05, 0) is 73.8 Å². The minimum Gasteiger partial charge on any atom is -0.457 e. The Morgan fingerprint density at radius 3 is 1.89 bits per heavy atom. The van der Waals surface area contributed by atoms with Crippen molar-refractivity contribution in [1.29, 1.82) is 0 Å². The zero-order valence-corrected chi connectivity index (χ0v) is 16.2. The molecule has 4 fully saturated rings. The first-order valence-electron chi connectivity index (χ1n) is 10.8. The fourth-order valence-corrected chi connectivity index (χ4v) is 7.08. The molecule has 0 saturated heterocycles. The lowest BCUT2D eigenvalue weighted by atomic mass is 9.49. The first-order chi connectivity index (χ1) is 13.7. The van der Waals surface area contributed by atoms with E-state index >= 15 is 0 Å². The van der Waals surface area contributed by atoms with Crippen LogP contribution in [-0.4, -0.2) is 12.5 Å². The SMILES string of the molecule is O=C(NCC12CC3CC(CC(C3)C1)C2)C1c2ccccc2Oc2ccccc21. The van der Waals surface area contributed by atoms with Crippen LogP contribution in [0.4, 0.5) is 0 Å². The molecule has 4 aliphatic carbocycles. The summed E-state index contributed by atoms with van der Waals surface area (Å²) < 4.78 is 6.06. The first-order valence-corrected chi connectivity index (χ1v) is 10.8. The van der Waals surface area contributed by atoms with Crippen molar-refractivity contribution in [3.05, 3.63) is 59.7 Å². The average molecular weight is 373 g/mol. The molecular weight excluding hydrogens is 346 g/mol. The molecule has 3 nitrogen and oxygen atoms in total. The molecule has 0 radical (unpaired) electrons. The third-order valence-electron chi connectivity index (χ3n) is 7.74. The van der Waals surface area contributed by atoms with Gasteiger partial charge in [-0.15, -0.1) is 0 Å². The molecular formula is C25H27NO2. The minimum absolute atomic E-state index is 0.124. The van der Waals surface area contributed by atoms with E-state index in [1.54, 1.807) is 0 Å². The molecule has 1 aliphatic heterocycles. The smallest absolute Gasteiger partial charge is 0.232 e. The second-order valence-corrected chi connectivity index (χ2v) is 9.75. The van der Waals surface area contributed by atoms with Gasteiger partial charge in [0.25, 0.3) is 0 Å². The summed E-state index contributed by atoms with van der Waals surface area (Å²) in [5, 5.41) is 3.40. The second-order valence-electron chi connectivity index (χ2n) is 9.75. The number of hydrogen-bond acceptors (Lipinski definition) is 2. The van der Waals surface area contributed by atoms with Crippen LogP contribution in [0.3, 0.4) is 0 Å². The van der Waals surface area contributed by atoms with Gasteiger partial charge in [0, 0.05) is 17.7 Å². The van der Waals surface area contributed by atoms with E-state index in [2.05, 4.69) is 5.32 Å². The van der Waals surface area contributed by atoms with Crippen molar-refractivity contribution in [2.75, 3.05) is 6.54 Å². The number of para-hydroxylation sites is 2. The highest BCUT2D eigenvalue weighted by molar-refractivity contribution is 5.89. The third kappa shape index (κ3) is 2.59. The molecule has 7 rings (SSSR count). The number of carbonyl (C=O) groups excluding carboxylic acids is 1. The van der Waals surface area contributed by atoms with E-state index in [0.29, 0.717) is 5.41 Å². The van der Waals surface area contributed by atoms with Crippen LogP contribution < -0.4 is 10.1 Å². The van der Waals surface area contributed by atoms with E-state index in [9.17, 15) is 4.79 Å². The van der Waals surface area contributed by atoms with Gasteiger partial charge < -0.3 is 10.1 Å². The molecule has 0 aromatic heterocycles. The summed E-state index contributed by atoms with van der Waals surface area (Å²) in [7, 11) is 0. The van der Waals surface area contributed by atoms with E-state index in [0.717, 1.165) is 46.9 Å². The Balaban J connectivity index is 1.27. The summed E-state index contributed by atoms with van der Waals surface area (Å²) in [5.41, 5.74) is 2.31. The van der Waals surface area contributed by atoms with Crippen molar-refractivity contribution < 1.29 is 9.53 Å². The molecule has 1 N–H and O–H groups in total. The van der Waals surface area contributed by atoms with Crippen LogP contribution >= 0.6 is 0 Å². The van der Waals surface area contributed by atoms with Gasteiger partial charge in [0.2, 0.25) is 5.91 Å². The van der Waals surface area contributed by atoms with E-state index in [1.165, 1.54) is 38.5 Å². The van der Waals surface area contributed by atoms with Crippen LogP contribution in [0.25, 0.3) is 0 Å². The molecule has 28 heavy (non-hydrogen) atoms. The van der Waals surface area contributed by atoms with Crippen LogP contribution in [0.5, 0.6) is 11.5 Å². The van der Waals surface area contributed by atoms with Crippen molar-refractivity contribution in [3.63, 3.8) is 0 Å². The molecule has 1 heterocycles. The Kier molecular flexibility index (Phi) is 3.63. The fourth-order valence-electron chi connectivity index (χ4n) is 7.08. The summed E-state index contributed by atoms with van der Waals surface area (Å²) in [6.45, 7) is 0.844. The Hall–Kier alpha value is -2.29. The molecule has 3 heteroatoms. The van der Waals surface area contributed by atoms with Crippen LogP contribution in [-0.2, 0) is 4.79 Å². The molecule has 4 saturated carbocycles. The Bertz CT molecular complexity index is 853. The first kappa shape index (κ1) is 16.6. The molecule has 0 unspecified atom stereocenters. The van der Waals surface area contributed by atoms with Crippen molar-refractivity contribution >= 4 is 5.91 Å². The maximum atomic E-state index is 13.4. The quantitative estimate of drug-likeness (QED) is 0.797. The molecule has 2 aromatic rings. The fraction of sp³-hybridized carbons (Fsp3) is 0.480. The average Bonchev–Trinajstić information content (AvgIpc) is 2.69. The molecule has 0 atom stereocenters. The van der Waals surface area contributed by atoms with E-state index in [-0.39, 0.29) is 11.8 Å². The van der Waals surface area contributed by atoms with Gasteiger partial charge in [-0.3, -0.25) is 4.79 Å². The van der Waals surface area contributed by atoms with E-state index < -0.39 is 0 Å². The summed E-state index contributed by atoms with van der Waals surface area (Å²) in [5.74, 6) is 4.18. The van der Waals surface area contributed by atoms with Crippen LogP contribution in [0.2, 0.25) is 0 Å². The number of rotatable bonds is 3. The predicted molar refractivity (Wildman–Crippen MR) is 108 cm³/mol. The standard InChI is InChI=1S/C25H27NO2/c27-24(26-15-25-12-16-9-17(13-25)11-18(10-16)14-25)23-19-5-1-3-7-21(19)28-22-8-4-2-6-20(22)23/h1-8,16-18,23H,9-15H2,(H,26,27). The van der Waals surface area contributed by atoms with Gasteiger partial charge in [-0.25, -0.2) is 0 Å². The normalized spacial score (nSPS) is 32.4. The molecule has 4 bridgehead atoms. The highest BCUT2D eigenvalue weighted by atomic mass is 16.5. The molecule has 1 amide bonds. The van der Waals surface area contributed by atoms with Crippen LogP contribution in [0.15, 0.2) is 48.5 Å². The summed E-state index contributed by atoms with van der Waals surface area (Å²) >= 11 is 0. The lowest BCUT2D eigenvalue weighted by molar-refractivity contribution is -0.124. The number of carbonyl (C=O) groups is 1. The van der Waals surface area contributed by atoms with E-state index in [4.69, 9.17) is 4.74 Å². The lowest BCUT2D eigenvalue weighted by Crippen LogP contribution is -2.51. The monoisotopic (exact) mass is 373 g/mol. The highest BCUT2D eigenvalue weighted by Crippen LogP contribution is 2.59. The number of amides is 1. The Morgan fingerprint density at radius 1 is 0.857 bits per heavy atom. The van der Waals surface area contributed by atoms with Crippen molar-refractivity contribution in [1.82, 2.24) is 5.32 Å². The second kappa shape index (κ2) is 6.10. The predicted octanol–water partition coefficient (Wildman–Crippen LogP) is 5.26. The maximum Gasteiger partial charge on any atom is 0.232 e. The molecule has 5 aliphatic rings. The Morgan fingerprint density at radius 2 is 1.36 bits per heavy atom. The zero-order chi connectivity index (χ0) is 18.7. The van der Waals surface area contributed by atoms with Gasteiger partial charge in [0.1, 0.15) is 11.5 Å². The maximum absolute atomic E-state index is 13.4. The lowest BCUT2D eigenvalue weighted by Gasteiger charge is -2.57. The molecule has 0 spiro atoms. The van der Waals surface area contributed by atoms with Gasteiger partial charge in [0.05, 0.1) is 5.92 Å². The highest BCUT2D eigenvalue weighted by Gasteiger charge is 2.51. The van der Waals surface area contributed by atoms with Gasteiger partial charge in [-0.1, -0.05) is 36.4 Å². The topological polar surface area (TPSA) is 38.3 Å². The van der Waals surface area contributed by atoms with Crippen molar-refractivity contribution in [2.24, 2.45) is 23.2 Å². The Labute approximate surface area is 166 Å². The van der Waals surface area contributed by atoms with Crippen LogP contribution in [0.1, 0.15) is 55.6 Å². The molecule has 2 aromatic carbocycles. The summed E-state index contributed by atoms with van der Waals surface area (Å²) in [6, 6.07) is 15.9. The number of nitrogens with one attached hydrogen (secondary N) is 1. The largest absolute Gasteiger partial charge is 0.457 e. The van der Waals surface area contributed by atoms with Crippen molar-refractivity contribution in [3.8, 4) is 11.5 Å². The minimum atomic E-state index is -0.282. The van der Waals surface area contributed by atoms with Crippen molar-refractivity contribution in [2.45, 2.75) is 44.4 Å². The number of hydrogen-bond donors (Lipinski definition) is 1. The van der Waals surface area contributed by atoms with Gasteiger partial charge in [0.15, 0.2) is 0 Å².